The molecule has 0 saturated heterocycles. The van der Waals surface area contributed by atoms with Gasteiger partial charge < -0.3 is 10.2 Å². The highest BCUT2D eigenvalue weighted by molar-refractivity contribution is 7.92. The van der Waals surface area contributed by atoms with Crippen molar-refractivity contribution in [2.45, 2.75) is 70.5 Å². The molecule has 11 heteroatoms. The maximum atomic E-state index is 14.4. The van der Waals surface area contributed by atoms with Gasteiger partial charge in [0.05, 0.1) is 11.9 Å². The Labute approximate surface area is 234 Å². The maximum Gasteiger partial charge on any atom is 0.243 e. The largest absolute Gasteiger partial charge is 0.352 e. The van der Waals surface area contributed by atoms with E-state index in [1.807, 2.05) is 6.92 Å². The Hall–Kier alpha value is -2.36. The van der Waals surface area contributed by atoms with E-state index in [-0.39, 0.29) is 49.5 Å². The molecule has 0 radical (unpaired) electrons. The Morgan fingerprint density at radius 2 is 1.82 bits per heavy atom. The second-order valence-electron chi connectivity index (χ2n) is 9.56. The van der Waals surface area contributed by atoms with Crippen LogP contribution >= 0.6 is 23.2 Å². The smallest absolute Gasteiger partial charge is 0.243 e. The number of halogens is 3. The molecule has 1 N–H and O–H groups in total. The Kier molecular flexibility index (Phi) is 10.8. The van der Waals surface area contributed by atoms with E-state index in [9.17, 15) is 22.4 Å². The Morgan fingerprint density at radius 3 is 2.42 bits per heavy atom. The Balaban J connectivity index is 1.79. The zero-order valence-corrected chi connectivity index (χ0v) is 24.0. The number of benzene rings is 2. The van der Waals surface area contributed by atoms with Crippen molar-refractivity contribution in [3.8, 4) is 0 Å². The zero-order valence-electron chi connectivity index (χ0n) is 21.6. The first-order valence-corrected chi connectivity index (χ1v) is 15.4. The van der Waals surface area contributed by atoms with Gasteiger partial charge in [-0.1, -0.05) is 61.2 Å². The number of para-hydroxylation sites is 1. The quantitative estimate of drug-likeness (QED) is 0.354. The van der Waals surface area contributed by atoms with Gasteiger partial charge in [-0.15, -0.1) is 0 Å². The summed E-state index contributed by atoms with van der Waals surface area (Å²) in [7, 11) is -3.79. The number of hydrogen-bond donors (Lipinski definition) is 1. The molecule has 1 saturated carbocycles. The molecular weight excluding hydrogens is 552 g/mol. The molecule has 3 rings (SSSR count). The van der Waals surface area contributed by atoms with Crippen molar-refractivity contribution in [1.82, 2.24) is 10.2 Å². The molecule has 2 aromatic carbocycles. The number of anilines is 1. The van der Waals surface area contributed by atoms with Crippen LogP contribution in [0.15, 0.2) is 42.5 Å². The van der Waals surface area contributed by atoms with E-state index in [1.165, 1.54) is 23.1 Å². The number of carbonyl (C=O) groups is 2. The summed E-state index contributed by atoms with van der Waals surface area (Å²) < 4.78 is 40.1. The predicted molar refractivity (Wildman–Crippen MR) is 149 cm³/mol. The summed E-state index contributed by atoms with van der Waals surface area (Å²) in [5, 5.41) is 3.91. The van der Waals surface area contributed by atoms with Crippen LogP contribution in [0.3, 0.4) is 0 Å². The van der Waals surface area contributed by atoms with Gasteiger partial charge in [-0.25, -0.2) is 12.8 Å². The molecule has 0 unspecified atom stereocenters. The van der Waals surface area contributed by atoms with Gasteiger partial charge in [0.1, 0.15) is 11.9 Å². The van der Waals surface area contributed by atoms with Crippen LogP contribution in [0, 0.1) is 5.82 Å². The fourth-order valence-corrected chi connectivity index (χ4v) is 6.19. The third-order valence-corrected chi connectivity index (χ3v) is 8.48. The van der Waals surface area contributed by atoms with Gasteiger partial charge in [0.2, 0.25) is 21.8 Å². The lowest BCUT2D eigenvalue weighted by atomic mass is 10.1. The summed E-state index contributed by atoms with van der Waals surface area (Å²) in [5.74, 6) is -1.22. The highest BCUT2D eigenvalue weighted by Crippen LogP contribution is 2.26. The average molecular weight is 587 g/mol. The van der Waals surface area contributed by atoms with E-state index >= 15 is 0 Å². The van der Waals surface area contributed by atoms with Crippen molar-refractivity contribution in [2.24, 2.45) is 0 Å². The lowest BCUT2D eigenvalue weighted by Crippen LogP contribution is -2.51. The van der Waals surface area contributed by atoms with E-state index in [0.29, 0.717) is 22.0 Å². The number of nitrogens with one attached hydrogen (secondary N) is 1. The van der Waals surface area contributed by atoms with Gasteiger partial charge in [-0.2, -0.15) is 0 Å². The molecule has 2 amide bonds. The highest BCUT2D eigenvalue weighted by atomic mass is 35.5. The normalized spacial score (nSPS) is 14.8. The molecule has 1 atom stereocenters. The van der Waals surface area contributed by atoms with Gasteiger partial charge >= 0.3 is 0 Å². The van der Waals surface area contributed by atoms with Gasteiger partial charge in [0.15, 0.2) is 0 Å². The lowest BCUT2D eigenvalue weighted by molar-refractivity contribution is -0.141. The van der Waals surface area contributed by atoms with Crippen LogP contribution in [-0.4, -0.2) is 50.0 Å². The second kappa shape index (κ2) is 13.6. The first-order chi connectivity index (χ1) is 18.0. The molecular formula is C27H34Cl2FN3O4S. The minimum atomic E-state index is -3.79. The standard InChI is InChI=1S/C27H34Cl2FN3O4S/c1-3-24(27(35)31-21-9-4-5-10-21)32(18-19-14-15-20(28)17-22(19)29)26(34)13-8-16-33(38(2,36)37)25-12-7-6-11-23(25)30/h6-7,11-12,14-15,17,21,24H,3-5,8-10,13,16,18H2,1-2H3,(H,31,35)/t24-/m0/s1. The first kappa shape index (κ1) is 30.2. The second-order valence-corrected chi connectivity index (χ2v) is 12.3. The molecule has 1 aliphatic carbocycles. The van der Waals surface area contributed by atoms with Crippen molar-refractivity contribution in [2.75, 3.05) is 17.1 Å². The van der Waals surface area contributed by atoms with Crippen LogP contribution in [0.4, 0.5) is 10.1 Å². The van der Waals surface area contributed by atoms with Crippen LogP contribution < -0.4 is 9.62 Å². The fourth-order valence-electron chi connectivity index (χ4n) is 4.76. The van der Waals surface area contributed by atoms with Crippen molar-refractivity contribution in [3.63, 3.8) is 0 Å². The van der Waals surface area contributed by atoms with Crippen LogP contribution in [0.5, 0.6) is 0 Å². The number of rotatable bonds is 12. The van der Waals surface area contributed by atoms with E-state index in [4.69, 9.17) is 23.2 Å². The molecule has 0 spiro atoms. The lowest BCUT2D eigenvalue weighted by Gasteiger charge is -2.32. The minimum absolute atomic E-state index is 0.0428. The molecule has 2 aromatic rings. The highest BCUT2D eigenvalue weighted by Gasteiger charge is 2.31. The van der Waals surface area contributed by atoms with Crippen LogP contribution in [0.1, 0.15) is 57.4 Å². The molecule has 0 heterocycles. The van der Waals surface area contributed by atoms with Gasteiger partial charge in [-0.3, -0.25) is 13.9 Å². The predicted octanol–water partition coefficient (Wildman–Crippen LogP) is 5.54. The molecule has 38 heavy (non-hydrogen) atoms. The summed E-state index contributed by atoms with van der Waals surface area (Å²) >= 11 is 12.4. The fraction of sp³-hybridized carbons (Fsp3) is 0.481. The Morgan fingerprint density at radius 1 is 1.13 bits per heavy atom. The molecule has 7 nitrogen and oxygen atoms in total. The maximum absolute atomic E-state index is 14.4. The minimum Gasteiger partial charge on any atom is -0.352 e. The summed E-state index contributed by atoms with van der Waals surface area (Å²) in [6.45, 7) is 1.84. The summed E-state index contributed by atoms with van der Waals surface area (Å²) in [5.41, 5.74) is 0.565. The topological polar surface area (TPSA) is 86.8 Å². The summed E-state index contributed by atoms with van der Waals surface area (Å²) in [6, 6.07) is 9.93. The SMILES string of the molecule is CC[C@@H](C(=O)NC1CCCC1)N(Cc1ccc(Cl)cc1Cl)C(=O)CCCN(c1ccccc1F)S(C)(=O)=O. The first-order valence-electron chi connectivity index (χ1n) is 12.8. The van der Waals surface area contributed by atoms with Crippen LogP contribution in [0.25, 0.3) is 0 Å². The Bertz CT molecular complexity index is 1240. The van der Waals surface area contributed by atoms with Crippen molar-refractivity contribution < 1.29 is 22.4 Å². The average Bonchev–Trinajstić information content (AvgIpc) is 3.36. The molecule has 0 bridgehead atoms. The number of sulfonamides is 1. The van der Waals surface area contributed by atoms with E-state index < -0.39 is 21.9 Å². The van der Waals surface area contributed by atoms with E-state index in [1.54, 1.807) is 24.3 Å². The van der Waals surface area contributed by atoms with Crippen molar-refractivity contribution in [3.05, 3.63) is 63.9 Å². The molecule has 208 valence electrons. The van der Waals surface area contributed by atoms with Crippen LogP contribution in [-0.2, 0) is 26.2 Å². The van der Waals surface area contributed by atoms with Crippen molar-refractivity contribution in [1.29, 1.82) is 0 Å². The number of hydrogen-bond acceptors (Lipinski definition) is 4. The van der Waals surface area contributed by atoms with Gasteiger partial charge in [0.25, 0.3) is 0 Å². The van der Waals surface area contributed by atoms with E-state index in [2.05, 4.69) is 5.32 Å². The van der Waals surface area contributed by atoms with Gasteiger partial charge in [0, 0.05) is 35.6 Å². The monoisotopic (exact) mass is 585 g/mol. The van der Waals surface area contributed by atoms with Gasteiger partial charge in [-0.05, 0) is 55.5 Å². The third kappa shape index (κ3) is 8.07. The summed E-state index contributed by atoms with van der Waals surface area (Å²) in [4.78, 5) is 28.3. The molecule has 0 aliphatic heterocycles. The zero-order chi connectivity index (χ0) is 27.9. The van der Waals surface area contributed by atoms with E-state index in [0.717, 1.165) is 36.2 Å². The number of amides is 2. The molecule has 1 aliphatic rings. The number of nitrogens with zero attached hydrogens (tertiary/aromatic N) is 2. The molecule has 0 aromatic heterocycles. The third-order valence-electron chi connectivity index (χ3n) is 6.72. The number of carbonyl (C=O) groups excluding carboxylic acids is 2. The van der Waals surface area contributed by atoms with Crippen molar-refractivity contribution >= 4 is 50.7 Å². The summed E-state index contributed by atoms with van der Waals surface area (Å²) in [6.07, 6.45) is 5.42. The van der Waals surface area contributed by atoms with Crippen LogP contribution in [0.2, 0.25) is 10.0 Å². The molecule has 1 fully saturated rings.